The molecule has 1 unspecified atom stereocenters. The van der Waals surface area contributed by atoms with Gasteiger partial charge in [-0.25, -0.2) is 21.9 Å². The highest BCUT2D eigenvalue weighted by Crippen LogP contribution is 2.27. The Morgan fingerprint density at radius 2 is 1.75 bits per heavy atom. The fraction of sp³-hybridized carbons (Fsp3) is 0.250. The second kappa shape index (κ2) is 7.14. The summed E-state index contributed by atoms with van der Waals surface area (Å²) in [6.45, 7) is 1.40. The van der Waals surface area contributed by atoms with Gasteiger partial charge in [-0.1, -0.05) is 29.8 Å². The van der Waals surface area contributed by atoms with Crippen molar-refractivity contribution in [3.05, 3.63) is 64.7 Å². The van der Waals surface area contributed by atoms with Crippen LogP contribution in [0, 0.1) is 11.6 Å². The quantitative estimate of drug-likeness (QED) is 0.841. The van der Waals surface area contributed by atoms with E-state index in [1.165, 1.54) is 7.11 Å². The highest BCUT2D eigenvalue weighted by molar-refractivity contribution is 7.89. The third-order valence-electron chi connectivity index (χ3n) is 3.67. The minimum atomic E-state index is -4.40. The van der Waals surface area contributed by atoms with Crippen LogP contribution in [-0.4, -0.2) is 22.1 Å². The van der Waals surface area contributed by atoms with Gasteiger partial charge < -0.3 is 4.74 Å². The summed E-state index contributed by atoms with van der Waals surface area (Å²) in [5.74, 6) is -2.33. The largest absolute Gasteiger partial charge is 0.372 e. The van der Waals surface area contributed by atoms with E-state index in [1.54, 1.807) is 31.2 Å². The molecule has 8 heteroatoms. The molecule has 0 heterocycles. The van der Waals surface area contributed by atoms with Gasteiger partial charge in [-0.05, 0) is 36.8 Å². The molecule has 130 valence electrons. The monoisotopic (exact) mass is 375 g/mol. The van der Waals surface area contributed by atoms with Gasteiger partial charge in [-0.2, -0.15) is 0 Å². The Balaban J connectivity index is 2.30. The molecule has 0 saturated carbocycles. The smallest absolute Gasteiger partial charge is 0.246 e. The fourth-order valence-corrected chi connectivity index (χ4v) is 3.60. The summed E-state index contributed by atoms with van der Waals surface area (Å²) in [7, 11) is -2.99. The minimum Gasteiger partial charge on any atom is -0.372 e. The fourth-order valence-electron chi connectivity index (χ4n) is 2.15. The number of sulfonamides is 1. The molecule has 2 aromatic carbocycles. The maximum absolute atomic E-state index is 13.7. The zero-order valence-corrected chi connectivity index (χ0v) is 14.6. The topological polar surface area (TPSA) is 55.4 Å². The van der Waals surface area contributed by atoms with E-state index in [9.17, 15) is 17.2 Å². The van der Waals surface area contributed by atoms with Crippen LogP contribution >= 0.6 is 11.6 Å². The summed E-state index contributed by atoms with van der Waals surface area (Å²) in [4.78, 5) is -1.02. The van der Waals surface area contributed by atoms with E-state index in [4.69, 9.17) is 16.3 Å². The predicted molar refractivity (Wildman–Crippen MR) is 87.4 cm³/mol. The summed E-state index contributed by atoms with van der Waals surface area (Å²) in [6.07, 6.45) is 0. The number of hydrogen-bond donors (Lipinski definition) is 1. The maximum Gasteiger partial charge on any atom is 0.246 e. The Labute approximate surface area is 144 Å². The average molecular weight is 376 g/mol. The molecule has 0 radical (unpaired) electrons. The van der Waals surface area contributed by atoms with E-state index in [-0.39, 0.29) is 6.54 Å². The molecule has 0 fully saturated rings. The molecule has 0 bridgehead atoms. The third-order valence-corrected chi connectivity index (χ3v) is 5.36. The number of ether oxygens (including phenoxy) is 1. The SMILES string of the molecule is COC(C)(CNS(=O)(=O)c1c(F)cccc1F)c1cccc(Cl)c1. The molecule has 0 saturated heterocycles. The molecule has 0 aliphatic heterocycles. The van der Waals surface area contributed by atoms with E-state index in [0.29, 0.717) is 10.6 Å². The molecular weight excluding hydrogens is 360 g/mol. The van der Waals surface area contributed by atoms with Crippen molar-refractivity contribution in [3.63, 3.8) is 0 Å². The van der Waals surface area contributed by atoms with Crippen molar-refractivity contribution < 1.29 is 21.9 Å². The average Bonchev–Trinajstić information content (AvgIpc) is 2.52. The molecule has 2 aromatic rings. The maximum atomic E-state index is 13.7. The number of halogens is 3. The van der Waals surface area contributed by atoms with Gasteiger partial charge in [0, 0.05) is 18.7 Å². The lowest BCUT2D eigenvalue weighted by molar-refractivity contribution is 0.00696. The summed E-state index contributed by atoms with van der Waals surface area (Å²) in [5, 5.41) is 0.457. The second-order valence-corrected chi connectivity index (χ2v) is 7.46. The van der Waals surface area contributed by atoms with Crippen LogP contribution in [0.5, 0.6) is 0 Å². The van der Waals surface area contributed by atoms with Crippen LogP contribution in [0.4, 0.5) is 8.78 Å². The van der Waals surface area contributed by atoms with Crippen LogP contribution in [0.25, 0.3) is 0 Å². The van der Waals surface area contributed by atoms with Crippen LogP contribution in [0.3, 0.4) is 0 Å². The van der Waals surface area contributed by atoms with E-state index >= 15 is 0 Å². The zero-order valence-electron chi connectivity index (χ0n) is 13.0. The lowest BCUT2D eigenvalue weighted by Crippen LogP contribution is -2.40. The summed E-state index contributed by atoms with van der Waals surface area (Å²) < 4.78 is 59.5. The van der Waals surface area contributed by atoms with Gasteiger partial charge in [-0.15, -0.1) is 0 Å². The van der Waals surface area contributed by atoms with Crippen LogP contribution in [0.1, 0.15) is 12.5 Å². The molecule has 0 amide bonds. The van der Waals surface area contributed by atoms with Crippen LogP contribution in [0.15, 0.2) is 47.4 Å². The lowest BCUT2D eigenvalue weighted by atomic mass is 9.96. The Bertz CT molecular complexity index is 825. The lowest BCUT2D eigenvalue weighted by Gasteiger charge is -2.29. The van der Waals surface area contributed by atoms with Crippen molar-refractivity contribution >= 4 is 21.6 Å². The van der Waals surface area contributed by atoms with Gasteiger partial charge >= 0.3 is 0 Å². The Morgan fingerprint density at radius 3 is 2.29 bits per heavy atom. The molecule has 0 aliphatic rings. The molecule has 4 nitrogen and oxygen atoms in total. The molecular formula is C16H16ClF2NO3S. The van der Waals surface area contributed by atoms with Gasteiger partial charge in [0.1, 0.15) is 17.2 Å². The normalized spacial score (nSPS) is 14.4. The summed E-state index contributed by atoms with van der Waals surface area (Å²) in [6, 6.07) is 9.56. The first-order valence-corrected chi connectivity index (χ1v) is 8.80. The van der Waals surface area contributed by atoms with E-state index in [0.717, 1.165) is 18.2 Å². The van der Waals surface area contributed by atoms with E-state index < -0.39 is 32.2 Å². The highest BCUT2D eigenvalue weighted by Gasteiger charge is 2.31. The van der Waals surface area contributed by atoms with Gasteiger partial charge in [0.05, 0.1) is 0 Å². The van der Waals surface area contributed by atoms with Crippen molar-refractivity contribution in [2.75, 3.05) is 13.7 Å². The van der Waals surface area contributed by atoms with Crippen LogP contribution in [-0.2, 0) is 20.4 Å². The first-order chi connectivity index (χ1) is 11.2. The van der Waals surface area contributed by atoms with Gasteiger partial charge in [0.2, 0.25) is 10.0 Å². The minimum absolute atomic E-state index is 0.236. The van der Waals surface area contributed by atoms with Crippen molar-refractivity contribution in [2.45, 2.75) is 17.4 Å². The number of nitrogens with one attached hydrogen (secondary N) is 1. The molecule has 1 N–H and O–H groups in total. The number of hydrogen-bond acceptors (Lipinski definition) is 3. The second-order valence-electron chi connectivity index (χ2n) is 5.32. The van der Waals surface area contributed by atoms with Gasteiger partial charge in [0.15, 0.2) is 4.90 Å². The van der Waals surface area contributed by atoms with Gasteiger partial charge in [-0.3, -0.25) is 0 Å². The number of methoxy groups -OCH3 is 1. The Kier molecular flexibility index (Phi) is 5.59. The van der Waals surface area contributed by atoms with Gasteiger partial charge in [0.25, 0.3) is 0 Å². The predicted octanol–water partition coefficient (Wildman–Crippen LogP) is 3.46. The van der Waals surface area contributed by atoms with E-state index in [1.807, 2.05) is 0 Å². The Morgan fingerprint density at radius 1 is 1.17 bits per heavy atom. The number of rotatable bonds is 6. The van der Waals surface area contributed by atoms with Crippen LogP contribution in [0.2, 0.25) is 5.02 Å². The first kappa shape index (κ1) is 18.8. The zero-order chi connectivity index (χ0) is 18.0. The van der Waals surface area contributed by atoms with E-state index in [2.05, 4.69) is 4.72 Å². The van der Waals surface area contributed by atoms with Crippen LogP contribution < -0.4 is 4.72 Å². The Hall–Kier alpha value is -1.54. The molecule has 0 aromatic heterocycles. The van der Waals surface area contributed by atoms with Crippen molar-refractivity contribution in [1.82, 2.24) is 4.72 Å². The summed E-state index contributed by atoms with van der Waals surface area (Å²) >= 11 is 5.94. The van der Waals surface area contributed by atoms with Crippen molar-refractivity contribution in [2.24, 2.45) is 0 Å². The molecule has 2 rings (SSSR count). The molecule has 1 atom stereocenters. The summed E-state index contributed by atoms with van der Waals surface area (Å²) in [5.41, 5.74) is -0.450. The number of benzene rings is 2. The molecule has 0 aliphatic carbocycles. The third kappa shape index (κ3) is 3.92. The molecule has 24 heavy (non-hydrogen) atoms. The molecule has 0 spiro atoms. The standard InChI is InChI=1S/C16H16ClF2NO3S/c1-16(23-2,11-5-3-6-12(17)9-11)10-20-24(21,22)15-13(18)7-4-8-14(15)19/h3-9,20H,10H2,1-2H3. The first-order valence-electron chi connectivity index (χ1n) is 6.94. The van der Waals surface area contributed by atoms with Crippen molar-refractivity contribution in [1.29, 1.82) is 0 Å². The van der Waals surface area contributed by atoms with Crippen molar-refractivity contribution in [3.8, 4) is 0 Å². The highest BCUT2D eigenvalue weighted by atomic mass is 35.5.